The first-order chi connectivity index (χ1) is 29.0. The lowest BCUT2D eigenvalue weighted by molar-refractivity contribution is 0.661. The largest absolute Gasteiger partial charge is 0.278 e. The molecule has 0 bridgehead atoms. The number of hydrogen-bond acceptors (Lipinski definition) is 3. The zero-order valence-corrected chi connectivity index (χ0v) is 32.8. The van der Waals surface area contributed by atoms with Gasteiger partial charge in [-0.15, -0.1) is 0 Å². The molecule has 0 N–H and O–H groups in total. The molecular weight excluding hydrogens is 717 g/mol. The maximum absolute atomic E-state index is 5.25. The van der Waals surface area contributed by atoms with Gasteiger partial charge in [-0.3, -0.25) is 4.57 Å². The summed E-state index contributed by atoms with van der Waals surface area (Å²) in [5.41, 5.74) is 18.1. The van der Waals surface area contributed by atoms with Gasteiger partial charge in [0.15, 0.2) is 11.6 Å². The van der Waals surface area contributed by atoms with Gasteiger partial charge in [0.05, 0.1) is 11.0 Å². The van der Waals surface area contributed by atoms with Crippen molar-refractivity contribution in [2.24, 2.45) is 0 Å². The number of hydrogen-bond donors (Lipinski definition) is 0. The molecule has 0 radical (unpaired) electrons. The highest BCUT2D eigenvalue weighted by Crippen LogP contribution is 2.52. The Hall–Kier alpha value is -7.43. The molecule has 4 nitrogen and oxygen atoms in total. The van der Waals surface area contributed by atoms with Gasteiger partial charge in [0, 0.05) is 33.2 Å². The van der Waals surface area contributed by atoms with Crippen molar-refractivity contribution >= 4 is 21.8 Å². The van der Waals surface area contributed by atoms with E-state index in [0.717, 1.165) is 27.5 Å². The van der Waals surface area contributed by atoms with E-state index >= 15 is 0 Å². The second kappa shape index (κ2) is 12.8. The van der Waals surface area contributed by atoms with Crippen molar-refractivity contribution in [3.8, 4) is 62.1 Å². The summed E-state index contributed by atoms with van der Waals surface area (Å²) in [6.07, 6.45) is 0. The summed E-state index contributed by atoms with van der Waals surface area (Å²) in [6, 6.07) is 67.9. The van der Waals surface area contributed by atoms with E-state index in [0.29, 0.717) is 17.6 Å². The van der Waals surface area contributed by atoms with E-state index in [4.69, 9.17) is 15.0 Å². The number of benzene rings is 8. The molecule has 2 aliphatic carbocycles. The van der Waals surface area contributed by atoms with Crippen LogP contribution in [0.5, 0.6) is 0 Å². The minimum atomic E-state index is -0.150. The highest BCUT2D eigenvalue weighted by atomic mass is 15.2. The van der Waals surface area contributed by atoms with Crippen molar-refractivity contribution in [3.63, 3.8) is 0 Å². The quantitative estimate of drug-likeness (QED) is 0.176. The highest BCUT2D eigenvalue weighted by molar-refractivity contribution is 6.12. The molecule has 2 aliphatic rings. The van der Waals surface area contributed by atoms with Crippen LogP contribution in [0.25, 0.3) is 83.9 Å². The van der Waals surface area contributed by atoms with Crippen LogP contribution in [-0.2, 0) is 5.41 Å². The molecule has 1 atom stereocenters. The summed E-state index contributed by atoms with van der Waals surface area (Å²) in [5, 5.41) is 2.35. The van der Waals surface area contributed by atoms with Gasteiger partial charge in [0.25, 0.3) is 0 Å². The molecule has 10 aromatic rings. The van der Waals surface area contributed by atoms with E-state index in [1.54, 1.807) is 0 Å². The molecule has 278 valence electrons. The molecule has 12 rings (SSSR count). The second-order valence-corrected chi connectivity index (χ2v) is 16.4. The molecule has 0 aliphatic heterocycles. The lowest BCUT2D eigenvalue weighted by Crippen LogP contribution is -2.14. The van der Waals surface area contributed by atoms with Gasteiger partial charge in [-0.2, -0.15) is 9.97 Å². The molecule has 0 spiro atoms. The molecule has 0 fully saturated rings. The third-order valence-electron chi connectivity index (χ3n) is 12.7. The topological polar surface area (TPSA) is 43.6 Å². The Morgan fingerprint density at radius 3 is 1.71 bits per heavy atom. The monoisotopic (exact) mass is 754 g/mol. The van der Waals surface area contributed by atoms with E-state index in [1.165, 1.54) is 66.6 Å². The van der Waals surface area contributed by atoms with Crippen LogP contribution in [0.2, 0.25) is 0 Å². The average molecular weight is 755 g/mol. The molecule has 2 aromatic heterocycles. The highest BCUT2D eigenvalue weighted by Gasteiger charge is 2.36. The Morgan fingerprint density at radius 1 is 0.407 bits per heavy atom. The first kappa shape index (κ1) is 33.7. The third-order valence-corrected chi connectivity index (χ3v) is 12.7. The lowest BCUT2D eigenvalue weighted by Gasteiger charge is -2.21. The summed E-state index contributed by atoms with van der Waals surface area (Å²) < 4.78 is 2.26. The number of rotatable bonds is 5. The fraction of sp³-hybridized carbons (Fsp3) is 0.0727. The van der Waals surface area contributed by atoms with Gasteiger partial charge in [0.1, 0.15) is 0 Å². The molecule has 59 heavy (non-hydrogen) atoms. The van der Waals surface area contributed by atoms with Crippen molar-refractivity contribution in [2.75, 3.05) is 0 Å². The van der Waals surface area contributed by atoms with Crippen LogP contribution in [0.1, 0.15) is 47.6 Å². The zero-order valence-electron chi connectivity index (χ0n) is 32.8. The number of fused-ring (bicyclic) bond motifs is 9. The average Bonchev–Trinajstić information content (AvgIpc) is 3.88. The summed E-state index contributed by atoms with van der Waals surface area (Å²) in [4.78, 5) is 15.5. The predicted molar refractivity (Wildman–Crippen MR) is 241 cm³/mol. The summed E-state index contributed by atoms with van der Waals surface area (Å²) >= 11 is 0. The minimum Gasteiger partial charge on any atom is -0.278 e. The van der Waals surface area contributed by atoms with Gasteiger partial charge >= 0.3 is 0 Å². The van der Waals surface area contributed by atoms with E-state index in [9.17, 15) is 0 Å². The van der Waals surface area contributed by atoms with Crippen LogP contribution in [0, 0.1) is 0 Å². The van der Waals surface area contributed by atoms with Crippen molar-refractivity contribution in [1.82, 2.24) is 19.5 Å². The Morgan fingerprint density at radius 2 is 0.983 bits per heavy atom. The normalized spacial score (nSPS) is 14.6. The van der Waals surface area contributed by atoms with E-state index in [2.05, 4.69) is 170 Å². The SMILES string of the molecule is CC1(C)c2ccccc2-c2cc3c(cc21)c1cc(-c2ccc4c(c2)-c2ccccc2C4c2ccccc2)ccc1n3-c1nc(-c2ccccc2)nc(-c2ccccc2)n1. The molecule has 0 saturated heterocycles. The van der Waals surface area contributed by atoms with Crippen LogP contribution >= 0.6 is 0 Å². The van der Waals surface area contributed by atoms with Crippen LogP contribution in [0.3, 0.4) is 0 Å². The Kier molecular flexibility index (Phi) is 7.30. The summed E-state index contributed by atoms with van der Waals surface area (Å²) in [6.45, 7) is 4.70. The van der Waals surface area contributed by atoms with Crippen LogP contribution in [0.15, 0.2) is 188 Å². The number of nitrogens with zero attached hydrogens (tertiary/aromatic N) is 4. The van der Waals surface area contributed by atoms with Crippen molar-refractivity contribution < 1.29 is 0 Å². The van der Waals surface area contributed by atoms with E-state index in [1.807, 2.05) is 36.4 Å². The Labute approximate surface area is 343 Å². The second-order valence-electron chi connectivity index (χ2n) is 16.4. The first-order valence-electron chi connectivity index (χ1n) is 20.4. The van der Waals surface area contributed by atoms with Crippen molar-refractivity contribution in [1.29, 1.82) is 0 Å². The van der Waals surface area contributed by atoms with Gasteiger partial charge in [-0.25, -0.2) is 4.98 Å². The third kappa shape index (κ3) is 5.12. The van der Waals surface area contributed by atoms with Gasteiger partial charge in [0.2, 0.25) is 5.95 Å². The maximum Gasteiger partial charge on any atom is 0.238 e. The first-order valence-corrected chi connectivity index (χ1v) is 20.4. The standard InChI is InChI=1S/C55H38N4/c1-55(2)47-25-15-14-23-40(47)44-33-50-46(32-48(44)55)45-31-38(37-26-28-42-43(30-37)39-22-12-13-24-41(39)51(42)34-16-6-3-7-17-34)27-29-49(45)59(50)54-57-52(35-18-8-4-9-19-35)56-53(58-54)36-20-10-5-11-21-36/h3-33,51H,1-2H3. The molecule has 0 saturated carbocycles. The Balaban J connectivity index is 1.10. The number of aromatic nitrogens is 4. The van der Waals surface area contributed by atoms with Crippen molar-refractivity contribution in [3.05, 3.63) is 216 Å². The Bertz CT molecular complexity index is 3230. The van der Waals surface area contributed by atoms with E-state index in [-0.39, 0.29) is 11.3 Å². The molecule has 4 heteroatoms. The molecule has 2 heterocycles. The smallest absolute Gasteiger partial charge is 0.238 e. The van der Waals surface area contributed by atoms with E-state index < -0.39 is 0 Å². The van der Waals surface area contributed by atoms with Gasteiger partial charge in [-0.05, 0) is 91.5 Å². The molecule has 8 aromatic carbocycles. The lowest BCUT2D eigenvalue weighted by atomic mass is 9.82. The predicted octanol–water partition coefficient (Wildman–Crippen LogP) is 13.4. The van der Waals surface area contributed by atoms with Crippen LogP contribution in [0.4, 0.5) is 0 Å². The summed E-state index contributed by atoms with van der Waals surface area (Å²) in [5.74, 6) is 2.09. The molecular formula is C55H38N4. The van der Waals surface area contributed by atoms with Crippen LogP contribution < -0.4 is 0 Å². The summed E-state index contributed by atoms with van der Waals surface area (Å²) in [7, 11) is 0. The van der Waals surface area contributed by atoms with Crippen molar-refractivity contribution in [2.45, 2.75) is 25.2 Å². The molecule has 0 amide bonds. The van der Waals surface area contributed by atoms with Gasteiger partial charge in [-0.1, -0.05) is 172 Å². The fourth-order valence-electron chi connectivity index (χ4n) is 9.89. The minimum absolute atomic E-state index is 0.150. The zero-order chi connectivity index (χ0) is 39.2. The fourth-order valence-corrected chi connectivity index (χ4v) is 9.89. The maximum atomic E-state index is 5.25. The van der Waals surface area contributed by atoms with Gasteiger partial charge < -0.3 is 0 Å². The molecule has 1 unspecified atom stereocenters. The van der Waals surface area contributed by atoms with Crippen LogP contribution in [-0.4, -0.2) is 19.5 Å².